The van der Waals surface area contributed by atoms with Crippen LogP contribution in [0.1, 0.15) is 30.9 Å². The molecular weight excluding hydrogens is 352 g/mol. The number of piperazine rings is 1. The first-order valence-electron chi connectivity index (χ1n) is 10.5. The predicted molar refractivity (Wildman–Crippen MR) is 112 cm³/mol. The van der Waals surface area contributed by atoms with Gasteiger partial charge < -0.3 is 10.2 Å². The van der Waals surface area contributed by atoms with Gasteiger partial charge in [0.25, 0.3) is 0 Å². The maximum Gasteiger partial charge on any atom is 0.238 e. The summed E-state index contributed by atoms with van der Waals surface area (Å²) in [7, 11) is 0. The molecule has 0 bridgehead atoms. The molecule has 2 heterocycles. The molecule has 2 saturated heterocycles. The van der Waals surface area contributed by atoms with E-state index < -0.39 is 0 Å². The number of carbonyl (C=O) groups is 2. The second-order valence-corrected chi connectivity index (χ2v) is 8.41. The summed E-state index contributed by atoms with van der Waals surface area (Å²) in [4.78, 5) is 31.4. The van der Waals surface area contributed by atoms with Crippen LogP contribution in [0.5, 0.6) is 0 Å². The molecule has 6 heteroatoms. The molecule has 0 saturated carbocycles. The number of nitrogens with one attached hydrogen (secondary N) is 1. The average molecular weight is 387 g/mol. The molecule has 0 radical (unpaired) electrons. The Bertz CT molecular complexity index is 690. The zero-order valence-corrected chi connectivity index (χ0v) is 17.5. The van der Waals surface area contributed by atoms with Crippen molar-refractivity contribution in [2.24, 2.45) is 5.92 Å². The van der Waals surface area contributed by atoms with Gasteiger partial charge in [-0.3, -0.25) is 19.4 Å². The van der Waals surface area contributed by atoms with Gasteiger partial charge in [-0.25, -0.2) is 0 Å². The molecule has 0 spiro atoms. The van der Waals surface area contributed by atoms with Crippen LogP contribution >= 0.6 is 0 Å². The van der Waals surface area contributed by atoms with Gasteiger partial charge in [0.15, 0.2) is 0 Å². The summed E-state index contributed by atoms with van der Waals surface area (Å²) in [6.07, 6.45) is 2.38. The van der Waals surface area contributed by atoms with E-state index in [9.17, 15) is 9.59 Å². The standard InChI is InChI=1S/C22H34N4O2/c1-17-7-9-24(10-8-17)16-22(28)26-13-11-25(12-14-26)15-21(27)23-20-6-4-5-18(2)19(20)3/h4-6,17H,7-16H2,1-3H3,(H,23,27). The van der Waals surface area contributed by atoms with Crippen LogP contribution in [0.2, 0.25) is 0 Å². The molecule has 2 aliphatic heterocycles. The fourth-order valence-corrected chi connectivity index (χ4v) is 3.95. The zero-order chi connectivity index (χ0) is 20.1. The molecular formula is C22H34N4O2. The lowest BCUT2D eigenvalue weighted by Gasteiger charge is -2.36. The van der Waals surface area contributed by atoms with Crippen molar-refractivity contribution in [3.05, 3.63) is 29.3 Å². The number of benzene rings is 1. The van der Waals surface area contributed by atoms with Gasteiger partial charge in [0, 0.05) is 31.9 Å². The van der Waals surface area contributed by atoms with Crippen LogP contribution in [0, 0.1) is 19.8 Å². The van der Waals surface area contributed by atoms with E-state index in [2.05, 4.69) is 22.0 Å². The summed E-state index contributed by atoms with van der Waals surface area (Å²) >= 11 is 0. The lowest BCUT2D eigenvalue weighted by Crippen LogP contribution is -2.53. The maximum atomic E-state index is 12.6. The molecule has 0 aliphatic carbocycles. The second kappa shape index (κ2) is 9.52. The number of hydrogen-bond donors (Lipinski definition) is 1. The average Bonchev–Trinajstić information content (AvgIpc) is 2.68. The molecule has 28 heavy (non-hydrogen) atoms. The SMILES string of the molecule is Cc1cccc(NC(=O)CN2CCN(C(=O)CN3CCC(C)CC3)CC2)c1C. The van der Waals surface area contributed by atoms with Gasteiger partial charge in [0.05, 0.1) is 13.1 Å². The maximum absolute atomic E-state index is 12.6. The number of anilines is 1. The van der Waals surface area contributed by atoms with Crippen molar-refractivity contribution >= 4 is 17.5 Å². The van der Waals surface area contributed by atoms with Crippen LogP contribution in [0.25, 0.3) is 0 Å². The van der Waals surface area contributed by atoms with Gasteiger partial charge in [0.2, 0.25) is 11.8 Å². The number of rotatable bonds is 5. The predicted octanol–water partition coefficient (Wildman–Crippen LogP) is 2.12. The quantitative estimate of drug-likeness (QED) is 0.842. The van der Waals surface area contributed by atoms with Gasteiger partial charge in [0.1, 0.15) is 0 Å². The number of piperidine rings is 1. The lowest BCUT2D eigenvalue weighted by molar-refractivity contribution is -0.134. The highest BCUT2D eigenvalue weighted by atomic mass is 16.2. The highest BCUT2D eigenvalue weighted by molar-refractivity contribution is 5.93. The normalized spacial score (nSPS) is 19.6. The molecule has 2 aliphatic rings. The Kier molecular flexibility index (Phi) is 7.08. The van der Waals surface area contributed by atoms with E-state index in [0.717, 1.165) is 43.3 Å². The Balaban J connectivity index is 1.40. The number of nitrogens with zero attached hydrogens (tertiary/aromatic N) is 3. The Morgan fingerprint density at radius 3 is 2.29 bits per heavy atom. The number of amides is 2. The van der Waals surface area contributed by atoms with E-state index in [1.54, 1.807) is 0 Å². The molecule has 0 aromatic heterocycles. The fourth-order valence-electron chi connectivity index (χ4n) is 3.95. The number of carbonyl (C=O) groups excluding carboxylic acids is 2. The molecule has 0 atom stereocenters. The van der Waals surface area contributed by atoms with E-state index in [1.165, 1.54) is 18.4 Å². The number of hydrogen-bond acceptors (Lipinski definition) is 4. The van der Waals surface area contributed by atoms with Crippen LogP contribution in [-0.2, 0) is 9.59 Å². The molecule has 2 fully saturated rings. The summed E-state index contributed by atoms with van der Waals surface area (Å²) in [6, 6.07) is 5.95. The van der Waals surface area contributed by atoms with Crippen molar-refractivity contribution in [2.75, 3.05) is 57.7 Å². The molecule has 6 nitrogen and oxygen atoms in total. The molecule has 1 N–H and O–H groups in total. The third-order valence-electron chi connectivity index (χ3n) is 6.21. The second-order valence-electron chi connectivity index (χ2n) is 8.41. The van der Waals surface area contributed by atoms with Crippen LogP contribution in [0.4, 0.5) is 5.69 Å². The van der Waals surface area contributed by atoms with Crippen LogP contribution in [0.3, 0.4) is 0 Å². The summed E-state index contributed by atoms with van der Waals surface area (Å²) in [5.74, 6) is 1.02. The van der Waals surface area contributed by atoms with Crippen molar-refractivity contribution in [1.82, 2.24) is 14.7 Å². The van der Waals surface area contributed by atoms with Gasteiger partial charge >= 0.3 is 0 Å². The van der Waals surface area contributed by atoms with Crippen molar-refractivity contribution in [3.63, 3.8) is 0 Å². The van der Waals surface area contributed by atoms with Crippen molar-refractivity contribution < 1.29 is 9.59 Å². The van der Waals surface area contributed by atoms with Gasteiger partial charge in [-0.05, 0) is 62.9 Å². The first-order valence-corrected chi connectivity index (χ1v) is 10.5. The zero-order valence-electron chi connectivity index (χ0n) is 17.5. The minimum Gasteiger partial charge on any atom is -0.339 e. The minimum absolute atomic E-state index is 0.0101. The van der Waals surface area contributed by atoms with Gasteiger partial charge in [-0.1, -0.05) is 19.1 Å². The Morgan fingerprint density at radius 2 is 1.61 bits per heavy atom. The topological polar surface area (TPSA) is 55.9 Å². The van der Waals surface area contributed by atoms with Crippen molar-refractivity contribution in [2.45, 2.75) is 33.6 Å². The largest absolute Gasteiger partial charge is 0.339 e. The Hall–Kier alpha value is -1.92. The van der Waals surface area contributed by atoms with E-state index in [1.807, 2.05) is 36.9 Å². The highest BCUT2D eigenvalue weighted by Crippen LogP contribution is 2.18. The third kappa shape index (κ3) is 5.55. The summed E-state index contributed by atoms with van der Waals surface area (Å²) in [6.45, 7) is 12.3. The smallest absolute Gasteiger partial charge is 0.238 e. The highest BCUT2D eigenvalue weighted by Gasteiger charge is 2.25. The summed E-state index contributed by atoms with van der Waals surface area (Å²) in [5.41, 5.74) is 3.17. The van der Waals surface area contributed by atoms with E-state index in [4.69, 9.17) is 0 Å². The van der Waals surface area contributed by atoms with Crippen molar-refractivity contribution in [1.29, 1.82) is 0 Å². The van der Waals surface area contributed by atoms with Crippen molar-refractivity contribution in [3.8, 4) is 0 Å². The van der Waals surface area contributed by atoms with Gasteiger partial charge in [-0.15, -0.1) is 0 Å². The van der Waals surface area contributed by atoms with Crippen LogP contribution < -0.4 is 5.32 Å². The molecule has 3 rings (SSSR count). The summed E-state index contributed by atoms with van der Waals surface area (Å²) < 4.78 is 0. The fraction of sp³-hybridized carbons (Fsp3) is 0.636. The Morgan fingerprint density at radius 1 is 0.964 bits per heavy atom. The monoisotopic (exact) mass is 386 g/mol. The van der Waals surface area contributed by atoms with Crippen LogP contribution in [-0.4, -0.2) is 78.9 Å². The summed E-state index contributed by atoms with van der Waals surface area (Å²) in [5, 5.41) is 3.02. The molecule has 1 aromatic rings. The Labute approximate surface area is 168 Å². The first-order chi connectivity index (χ1) is 13.4. The van der Waals surface area contributed by atoms with E-state index in [0.29, 0.717) is 26.2 Å². The first kappa shape index (κ1) is 20.8. The van der Waals surface area contributed by atoms with Crippen LogP contribution in [0.15, 0.2) is 18.2 Å². The van der Waals surface area contributed by atoms with E-state index >= 15 is 0 Å². The lowest BCUT2D eigenvalue weighted by atomic mass is 9.99. The molecule has 1 aromatic carbocycles. The van der Waals surface area contributed by atoms with Gasteiger partial charge in [-0.2, -0.15) is 0 Å². The minimum atomic E-state index is 0.0101. The van der Waals surface area contributed by atoms with E-state index in [-0.39, 0.29) is 11.8 Å². The molecule has 2 amide bonds. The molecule has 0 unspecified atom stereocenters. The number of likely N-dealkylation sites (tertiary alicyclic amines) is 1. The number of aryl methyl sites for hydroxylation is 1. The third-order valence-corrected chi connectivity index (χ3v) is 6.21. The molecule has 154 valence electrons.